The van der Waals surface area contributed by atoms with Crippen LogP contribution in [0.4, 0.5) is 0 Å². The number of hydrogen-bond donors (Lipinski definition) is 1. The van der Waals surface area contributed by atoms with Crippen LogP contribution in [0.25, 0.3) is 5.69 Å². The highest BCUT2D eigenvalue weighted by atomic mass is 16.2. The van der Waals surface area contributed by atoms with Crippen molar-refractivity contribution in [3.05, 3.63) is 47.3 Å². The van der Waals surface area contributed by atoms with E-state index in [4.69, 9.17) is 0 Å². The molecule has 22 heavy (non-hydrogen) atoms. The van der Waals surface area contributed by atoms with Crippen molar-refractivity contribution in [2.75, 3.05) is 26.2 Å². The van der Waals surface area contributed by atoms with Crippen LogP contribution in [0.2, 0.25) is 0 Å². The van der Waals surface area contributed by atoms with Gasteiger partial charge in [0.05, 0.1) is 11.4 Å². The summed E-state index contributed by atoms with van der Waals surface area (Å²) < 4.78 is 1.90. The molecule has 0 radical (unpaired) electrons. The molecule has 1 amide bonds. The molecule has 0 aliphatic carbocycles. The minimum atomic E-state index is 0.114. The highest BCUT2D eigenvalue weighted by Gasteiger charge is 2.17. The third-order valence-corrected chi connectivity index (χ3v) is 4.00. The molecule has 0 saturated carbocycles. The Bertz CT molecular complexity index is 652. The lowest BCUT2D eigenvalue weighted by atomic mass is 10.1. The van der Waals surface area contributed by atoms with Crippen molar-refractivity contribution in [2.24, 2.45) is 0 Å². The molecule has 1 aliphatic rings. The van der Waals surface area contributed by atoms with E-state index in [0.717, 1.165) is 55.2 Å². The Balaban J connectivity index is 1.78. The van der Waals surface area contributed by atoms with E-state index in [1.54, 1.807) is 0 Å². The fraction of sp³-hybridized carbons (Fsp3) is 0.412. The standard InChI is InChI=1S/C17H22N4O/c1-13-12-14(2)21(19-13)16-6-4-15(5-7-16)17(22)20-10-3-8-18-9-11-20/h4-7,12,18H,3,8-11H2,1-2H3. The Kier molecular flexibility index (Phi) is 4.24. The first-order valence-electron chi connectivity index (χ1n) is 7.79. The van der Waals surface area contributed by atoms with Crippen LogP contribution in [0, 0.1) is 13.8 Å². The number of benzene rings is 1. The molecular formula is C17H22N4O. The number of rotatable bonds is 2. The molecule has 2 heterocycles. The van der Waals surface area contributed by atoms with Crippen LogP contribution in [0.1, 0.15) is 28.2 Å². The molecule has 1 fully saturated rings. The molecule has 0 spiro atoms. The lowest BCUT2D eigenvalue weighted by Gasteiger charge is -2.20. The van der Waals surface area contributed by atoms with E-state index >= 15 is 0 Å². The lowest BCUT2D eigenvalue weighted by molar-refractivity contribution is 0.0766. The molecule has 0 atom stereocenters. The van der Waals surface area contributed by atoms with Crippen molar-refractivity contribution < 1.29 is 4.79 Å². The summed E-state index contributed by atoms with van der Waals surface area (Å²) in [7, 11) is 0. The van der Waals surface area contributed by atoms with Gasteiger partial charge in [-0.3, -0.25) is 4.79 Å². The van der Waals surface area contributed by atoms with Gasteiger partial charge in [0.1, 0.15) is 0 Å². The normalized spacial score (nSPS) is 15.6. The highest BCUT2D eigenvalue weighted by Crippen LogP contribution is 2.14. The van der Waals surface area contributed by atoms with Crippen LogP contribution in [-0.2, 0) is 0 Å². The molecule has 1 aromatic carbocycles. The van der Waals surface area contributed by atoms with Crippen LogP contribution in [0.5, 0.6) is 0 Å². The zero-order chi connectivity index (χ0) is 15.5. The molecule has 3 rings (SSSR count). The second kappa shape index (κ2) is 6.32. The fourth-order valence-electron chi connectivity index (χ4n) is 2.87. The van der Waals surface area contributed by atoms with Gasteiger partial charge in [0, 0.05) is 30.9 Å². The minimum absolute atomic E-state index is 0.114. The molecule has 1 N–H and O–H groups in total. The predicted octanol–water partition coefficient (Wildman–Crippen LogP) is 1.92. The molecule has 5 heteroatoms. The Labute approximate surface area is 130 Å². The largest absolute Gasteiger partial charge is 0.337 e. The zero-order valence-corrected chi connectivity index (χ0v) is 13.2. The van der Waals surface area contributed by atoms with Crippen molar-refractivity contribution in [3.8, 4) is 5.69 Å². The van der Waals surface area contributed by atoms with E-state index in [1.165, 1.54) is 0 Å². The van der Waals surface area contributed by atoms with Crippen molar-refractivity contribution in [3.63, 3.8) is 0 Å². The second-order valence-electron chi connectivity index (χ2n) is 5.78. The van der Waals surface area contributed by atoms with Gasteiger partial charge >= 0.3 is 0 Å². The van der Waals surface area contributed by atoms with Crippen LogP contribution in [0.3, 0.4) is 0 Å². The van der Waals surface area contributed by atoms with Crippen molar-refractivity contribution in [2.45, 2.75) is 20.3 Å². The van der Waals surface area contributed by atoms with Crippen molar-refractivity contribution in [1.82, 2.24) is 20.0 Å². The first kappa shape index (κ1) is 14.8. The predicted molar refractivity (Wildman–Crippen MR) is 86.4 cm³/mol. The first-order valence-corrected chi connectivity index (χ1v) is 7.79. The van der Waals surface area contributed by atoms with E-state index in [2.05, 4.69) is 10.4 Å². The number of aryl methyl sites for hydroxylation is 2. The number of nitrogens with one attached hydrogen (secondary N) is 1. The average molecular weight is 298 g/mol. The van der Waals surface area contributed by atoms with Crippen molar-refractivity contribution >= 4 is 5.91 Å². The van der Waals surface area contributed by atoms with E-state index in [9.17, 15) is 4.79 Å². The maximum Gasteiger partial charge on any atom is 0.253 e. The molecule has 2 aromatic rings. The van der Waals surface area contributed by atoms with Gasteiger partial charge in [0.2, 0.25) is 0 Å². The Morgan fingerprint density at radius 2 is 1.91 bits per heavy atom. The van der Waals surface area contributed by atoms with Gasteiger partial charge in [0.15, 0.2) is 0 Å². The van der Waals surface area contributed by atoms with E-state index in [0.29, 0.717) is 0 Å². The second-order valence-corrected chi connectivity index (χ2v) is 5.78. The van der Waals surface area contributed by atoms with Gasteiger partial charge < -0.3 is 10.2 Å². The van der Waals surface area contributed by atoms with Gasteiger partial charge in [-0.1, -0.05) is 0 Å². The number of carbonyl (C=O) groups excluding carboxylic acids is 1. The summed E-state index contributed by atoms with van der Waals surface area (Å²) in [6.07, 6.45) is 1.01. The summed E-state index contributed by atoms with van der Waals surface area (Å²) in [5, 5.41) is 7.79. The van der Waals surface area contributed by atoms with Crippen LogP contribution in [-0.4, -0.2) is 46.8 Å². The van der Waals surface area contributed by atoms with Gasteiger partial charge in [0.25, 0.3) is 5.91 Å². The third kappa shape index (κ3) is 3.04. The van der Waals surface area contributed by atoms with E-state index < -0.39 is 0 Å². The van der Waals surface area contributed by atoms with Gasteiger partial charge in [-0.2, -0.15) is 5.10 Å². The molecule has 0 unspecified atom stereocenters. The third-order valence-electron chi connectivity index (χ3n) is 4.00. The van der Waals surface area contributed by atoms with Gasteiger partial charge in [-0.15, -0.1) is 0 Å². The van der Waals surface area contributed by atoms with E-state index in [-0.39, 0.29) is 5.91 Å². The fourth-order valence-corrected chi connectivity index (χ4v) is 2.87. The molecule has 5 nitrogen and oxygen atoms in total. The zero-order valence-electron chi connectivity index (χ0n) is 13.2. The van der Waals surface area contributed by atoms with Gasteiger partial charge in [-0.05, 0) is 57.1 Å². The summed E-state index contributed by atoms with van der Waals surface area (Å²) in [6.45, 7) is 7.47. The monoisotopic (exact) mass is 298 g/mol. The number of amides is 1. The van der Waals surface area contributed by atoms with Crippen LogP contribution in [0.15, 0.2) is 30.3 Å². The summed E-state index contributed by atoms with van der Waals surface area (Å²) in [4.78, 5) is 14.5. The van der Waals surface area contributed by atoms with Crippen LogP contribution < -0.4 is 5.32 Å². The SMILES string of the molecule is Cc1cc(C)n(-c2ccc(C(=O)N3CCCNCC3)cc2)n1. The van der Waals surface area contributed by atoms with E-state index in [1.807, 2.05) is 53.8 Å². The maximum absolute atomic E-state index is 12.5. The Morgan fingerprint density at radius 1 is 1.14 bits per heavy atom. The Morgan fingerprint density at radius 3 is 2.59 bits per heavy atom. The minimum Gasteiger partial charge on any atom is -0.337 e. The topological polar surface area (TPSA) is 50.2 Å². The average Bonchev–Trinajstić information content (AvgIpc) is 2.73. The quantitative estimate of drug-likeness (QED) is 0.921. The smallest absolute Gasteiger partial charge is 0.253 e. The number of aromatic nitrogens is 2. The highest BCUT2D eigenvalue weighted by molar-refractivity contribution is 5.94. The van der Waals surface area contributed by atoms with Gasteiger partial charge in [-0.25, -0.2) is 4.68 Å². The molecule has 1 saturated heterocycles. The number of nitrogens with zero attached hydrogens (tertiary/aromatic N) is 3. The number of carbonyl (C=O) groups is 1. The van der Waals surface area contributed by atoms with Crippen LogP contribution >= 0.6 is 0 Å². The summed E-state index contributed by atoms with van der Waals surface area (Å²) in [6, 6.07) is 9.76. The first-order chi connectivity index (χ1) is 10.6. The lowest BCUT2D eigenvalue weighted by Crippen LogP contribution is -2.34. The number of hydrogen-bond acceptors (Lipinski definition) is 3. The molecular weight excluding hydrogens is 276 g/mol. The molecule has 1 aromatic heterocycles. The molecule has 0 bridgehead atoms. The summed E-state index contributed by atoms with van der Waals surface area (Å²) in [5.74, 6) is 0.114. The molecule has 116 valence electrons. The molecule has 1 aliphatic heterocycles. The van der Waals surface area contributed by atoms with Crippen molar-refractivity contribution in [1.29, 1.82) is 0 Å². The summed E-state index contributed by atoms with van der Waals surface area (Å²) in [5.41, 5.74) is 3.82. The maximum atomic E-state index is 12.5. The Hall–Kier alpha value is -2.14. The summed E-state index contributed by atoms with van der Waals surface area (Å²) >= 11 is 0.